The van der Waals surface area contributed by atoms with E-state index in [-0.39, 0.29) is 4.90 Å². The molecule has 0 saturated carbocycles. The van der Waals surface area contributed by atoms with Crippen LogP contribution in [0.4, 0.5) is 11.4 Å². The molecule has 0 spiro atoms. The highest BCUT2D eigenvalue weighted by atomic mass is 35.5. The van der Waals surface area contributed by atoms with Crippen LogP contribution >= 0.6 is 11.6 Å². The molecule has 1 amide bonds. The molecule has 36 heavy (non-hydrogen) atoms. The number of benzene rings is 4. The molecule has 0 heterocycles. The van der Waals surface area contributed by atoms with E-state index in [9.17, 15) is 13.2 Å². The summed E-state index contributed by atoms with van der Waals surface area (Å²) < 4.78 is 33.7. The van der Waals surface area contributed by atoms with E-state index in [1.807, 2.05) is 37.3 Å². The van der Waals surface area contributed by atoms with Gasteiger partial charge in [0.15, 0.2) is 0 Å². The number of hydrogen-bond acceptors (Lipinski definition) is 4. The number of carbonyl (C=O) groups is 1. The highest BCUT2D eigenvalue weighted by Gasteiger charge is 2.27. The summed E-state index contributed by atoms with van der Waals surface area (Å²) in [7, 11) is -4.02. The lowest BCUT2D eigenvalue weighted by molar-refractivity contribution is -0.114. The Kier molecular flexibility index (Phi) is 7.93. The summed E-state index contributed by atoms with van der Waals surface area (Å²) >= 11 is 5.93. The quantitative estimate of drug-likeness (QED) is 0.291. The van der Waals surface area contributed by atoms with Crippen molar-refractivity contribution in [3.63, 3.8) is 0 Å². The summed E-state index contributed by atoms with van der Waals surface area (Å²) in [4.78, 5) is 13.0. The smallest absolute Gasteiger partial charge is 0.264 e. The fourth-order valence-electron chi connectivity index (χ4n) is 3.47. The van der Waals surface area contributed by atoms with Crippen LogP contribution in [-0.2, 0) is 21.4 Å². The Morgan fingerprint density at radius 2 is 1.50 bits per heavy atom. The van der Waals surface area contributed by atoms with Crippen molar-refractivity contribution in [1.82, 2.24) is 0 Å². The van der Waals surface area contributed by atoms with Crippen molar-refractivity contribution in [3.8, 4) is 5.75 Å². The molecule has 0 atom stereocenters. The number of ether oxygens (including phenoxy) is 1. The lowest BCUT2D eigenvalue weighted by atomic mass is 10.2. The summed E-state index contributed by atoms with van der Waals surface area (Å²) in [5.74, 6) is 0.175. The van der Waals surface area contributed by atoms with E-state index in [4.69, 9.17) is 16.3 Å². The Balaban J connectivity index is 1.48. The molecule has 4 aromatic carbocycles. The zero-order valence-electron chi connectivity index (χ0n) is 19.6. The van der Waals surface area contributed by atoms with Crippen molar-refractivity contribution in [2.45, 2.75) is 18.4 Å². The molecular weight excluding hydrogens is 496 g/mol. The summed E-state index contributed by atoms with van der Waals surface area (Å²) in [5.41, 5.74) is 2.93. The maximum Gasteiger partial charge on any atom is 0.264 e. The second-order valence-corrected chi connectivity index (χ2v) is 10.4. The molecule has 4 aromatic rings. The topological polar surface area (TPSA) is 75.7 Å². The van der Waals surface area contributed by atoms with Gasteiger partial charge in [-0.3, -0.25) is 9.10 Å². The summed E-state index contributed by atoms with van der Waals surface area (Å²) in [5, 5.41) is 3.19. The molecule has 8 heteroatoms. The van der Waals surface area contributed by atoms with Crippen molar-refractivity contribution in [2.24, 2.45) is 0 Å². The Hall–Kier alpha value is -3.81. The Labute approximate surface area is 216 Å². The van der Waals surface area contributed by atoms with E-state index < -0.39 is 22.5 Å². The Morgan fingerprint density at radius 3 is 2.14 bits per heavy atom. The van der Waals surface area contributed by atoms with Gasteiger partial charge in [0.25, 0.3) is 10.0 Å². The van der Waals surface area contributed by atoms with E-state index in [2.05, 4.69) is 5.32 Å². The number of sulfonamides is 1. The van der Waals surface area contributed by atoms with Gasteiger partial charge in [-0.25, -0.2) is 8.42 Å². The molecule has 0 saturated heterocycles. The van der Waals surface area contributed by atoms with Gasteiger partial charge in [0, 0.05) is 10.7 Å². The van der Waals surface area contributed by atoms with Crippen molar-refractivity contribution < 1.29 is 17.9 Å². The van der Waals surface area contributed by atoms with Gasteiger partial charge >= 0.3 is 0 Å². The van der Waals surface area contributed by atoms with Crippen LogP contribution in [0.1, 0.15) is 11.1 Å². The molecule has 0 fully saturated rings. The number of aryl methyl sites for hydroxylation is 1. The molecule has 0 aromatic heterocycles. The van der Waals surface area contributed by atoms with Crippen molar-refractivity contribution in [3.05, 3.63) is 119 Å². The van der Waals surface area contributed by atoms with E-state index >= 15 is 0 Å². The maximum atomic E-state index is 13.4. The number of nitrogens with zero attached hydrogens (tertiary/aromatic N) is 1. The Bertz CT molecular complexity index is 1410. The number of anilines is 2. The largest absolute Gasteiger partial charge is 0.489 e. The van der Waals surface area contributed by atoms with Gasteiger partial charge in [-0.1, -0.05) is 59.6 Å². The third-order valence-corrected chi connectivity index (χ3v) is 7.44. The molecule has 6 nitrogen and oxygen atoms in total. The minimum absolute atomic E-state index is 0.0418. The maximum absolute atomic E-state index is 13.4. The van der Waals surface area contributed by atoms with Gasteiger partial charge in [0.2, 0.25) is 5.91 Å². The zero-order valence-corrected chi connectivity index (χ0v) is 21.2. The molecule has 0 radical (unpaired) electrons. The molecule has 0 aliphatic heterocycles. The first-order chi connectivity index (χ1) is 17.3. The van der Waals surface area contributed by atoms with E-state index in [0.29, 0.717) is 28.8 Å². The Morgan fingerprint density at radius 1 is 0.861 bits per heavy atom. The molecule has 0 unspecified atom stereocenters. The van der Waals surface area contributed by atoms with Gasteiger partial charge in [-0.05, 0) is 73.2 Å². The number of rotatable bonds is 9. The number of hydrogen-bond donors (Lipinski definition) is 1. The van der Waals surface area contributed by atoms with Crippen molar-refractivity contribution in [1.29, 1.82) is 0 Å². The van der Waals surface area contributed by atoms with Gasteiger partial charge in [0.05, 0.1) is 10.6 Å². The molecule has 1 N–H and O–H groups in total. The zero-order chi connectivity index (χ0) is 25.5. The first-order valence-corrected chi connectivity index (χ1v) is 13.0. The normalized spacial score (nSPS) is 11.1. The predicted molar refractivity (Wildman–Crippen MR) is 143 cm³/mol. The summed E-state index contributed by atoms with van der Waals surface area (Å²) in [6.45, 7) is 1.93. The summed E-state index contributed by atoms with van der Waals surface area (Å²) in [6, 6.07) is 29.5. The second-order valence-electron chi connectivity index (χ2n) is 8.15. The third-order valence-electron chi connectivity index (χ3n) is 5.40. The van der Waals surface area contributed by atoms with E-state index in [1.165, 1.54) is 24.3 Å². The highest BCUT2D eigenvalue weighted by molar-refractivity contribution is 7.92. The lowest BCUT2D eigenvalue weighted by Gasteiger charge is -2.24. The average Bonchev–Trinajstić information content (AvgIpc) is 2.88. The number of nitrogens with one attached hydrogen (secondary N) is 1. The SMILES string of the molecule is Cc1ccc(N(CC(=O)Nc2ccc(OCc3ccccc3)cc2)S(=O)(=O)c2ccc(Cl)cc2)cc1. The highest BCUT2D eigenvalue weighted by Crippen LogP contribution is 2.25. The number of carbonyl (C=O) groups excluding carboxylic acids is 1. The monoisotopic (exact) mass is 520 g/mol. The van der Waals surface area contributed by atoms with Crippen LogP contribution in [0.25, 0.3) is 0 Å². The van der Waals surface area contributed by atoms with Gasteiger partial charge in [0.1, 0.15) is 18.9 Å². The van der Waals surface area contributed by atoms with E-state index in [1.54, 1.807) is 48.5 Å². The van der Waals surface area contributed by atoms with Crippen molar-refractivity contribution in [2.75, 3.05) is 16.2 Å². The summed E-state index contributed by atoms with van der Waals surface area (Å²) in [6.07, 6.45) is 0. The standard InChI is InChI=1S/C28H25ClN2O4S/c1-21-7-13-25(14-8-21)31(36(33,34)27-17-9-23(29)10-18-27)19-28(32)30-24-11-15-26(16-12-24)35-20-22-5-3-2-4-6-22/h2-18H,19-20H2,1H3,(H,30,32). The minimum atomic E-state index is -4.02. The molecule has 0 bridgehead atoms. The first kappa shape index (κ1) is 25.3. The molecular formula is C28H25ClN2O4S. The molecule has 4 rings (SSSR count). The van der Waals surface area contributed by atoms with Crippen LogP contribution in [0.5, 0.6) is 5.75 Å². The fraction of sp³-hybridized carbons (Fsp3) is 0.107. The van der Waals surface area contributed by atoms with Gasteiger partial charge in [-0.2, -0.15) is 0 Å². The lowest BCUT2D eigenvalue weighted by Crippen LogP contribution is -2.38. The fourth-order valence-corrected chi connectivity index (χ4v) is 5.01. The number of amides is 1. The van der Waals surface area contributed by atoms with E-state index in [0.717, 1.165) is 15.4 Å². The van der Waals surface area contributed by atoms with Crippen LogP contribution in [0.3, 0.4) is 0 Å². The molecule has 0 aliphatic rings. The predicted octanol–water partition coefficient (Wildman–Crippen LogP) is 6.06. The first-order valence-electron chi connectivity index (χ1n) is 11.2. The molecule has 0 aliphatic carbocycles. The molecule has 184 valence electrons. The van der Waals surface area contributed by atoms with Crippen LogP contribution in [-0.4, -0.2) is 20.9 Å². The second kappa shape index (κ2) is 11.3. The van der Waals surface area contributed by atoms with Crippen LogP contribution < -0.4 is 14.4 Å². The number of halogens is 1. The van der Waals surface area contributed by atoms with Crippen LogP contribution in [0.2, 0.25) is 5.02 Å². The average molecular weight is 521 g/mol. The minimum Gasteiger partial charge on any atom is -0.489 e. The third kappa shape index (κ3) is 6.44. The van der Waals surface area contributed by atoms with Crippen LogP contribution in [0, 0.1) is 6.92 Å². The van der Waals surface area contributed by atoms with Gasteiger partial charge in [-0.15, -0.1) is 0 Å². The van der Waals surface area contributed by atoms with Gasteiger partial charge < -0.3 is 10.1 Å². The van der Waals surface area contributed by atoms with Crippen molar-refractivity contribution >= 4 is 38.9 Å². The van der Waals surface area contributed by atoms with Crippen LogP contribution in [0.15, 0.2) is 108 Å².